The van der Waals surface area contributed by atoms with Gasteiger partial charge in [-0.25, -0.2) is 0 Å². The summed E-state index contributed by atoms with van der Waals surface area (Å²) in [4.78, 5) is 14.5. The number of para-hydroxylation sites is 1. The number of nitrogens with one attached hydrogen (secondary N) is 1. The first-order chi connectivity index (χ1) is 12.5. The smallest absolute Gasteiger partial charge is 0.238 e. The molecule has 0 fully saturated rings. The Kier molecular flexibility index (Phi) is 7.49. The summed E-state index contributed by atoms with van der Waals surface area (Å²) < 4.78 is 5.38. The summed E-state index contributed by atoms with van der Waals surface area (Å²) in [6.07, 6.45) is 1.78. The number of likely N-dealkylation sites (N-methyl/N-ethyl adjacent to an activating group) is 1. The van der Waals surface area contributed by atoms with E-state index in [-0.39, 0.29) is 12.5 Å². The van der Waals surface area contributed by atoms with Gasteiger partial charge in [0.15, 0.2) is 0 Å². The average Bonchev–Trinajstić information content (AvgIpc) is 2.61. The predicted octanol–water partition coefficient (Wildman–Crippen LogP) is 4.54. The van der Waals surface area contributed by atoms with E-state index in [0.717, 1.165) is 41.0 Å². The van der Waals surface area contributed by atoms with Gasteiger partial charge in [-0.15, -0.1) is 0 Å². The van der Waals surface area contributed by atoms with E-state index >= 15 is 0 Å². The number of ether oxygens (including phenoxy) is 1. The van der Waals surface area contributed by atoms with Crippen LogP contribution in [0.4, 0.5) is 5.69 Å². The number of methoxy groups -OCH3 is 1. The molecular formula is C21H27ClN2O2. The van der Waals surface area contributed by atoms with Crippen molar-refractivity contribution in [2.45, 2.75) is 33.2 Å². The monoisotopic (exact) mass is 374 g/mol. The minimum atomic E-state index is -0.0240. The van der Waals surface area contributed by atoms with Crippen LogP contribution >= 0.6 is 11.6 Å². The highest BCUT2D eigenvalue weighted by molar-refractivity contribution is 6.30. The fourth-order valence-corrected chi connectivity index (χ4v) is 3.24. The molecule has 0 aliphatic carbocycles. The van der Waals surface area contributed by atoms with Crippen LogP contribution < -0.4 is 10.1 Å². The van der Waals surface area contributed by atoms with Crippen molar-refractivity contribution in [3.8, 4) is 5.75 Å². The molecule has 140 valence electrons. The molecule has 0 atom stereocenters. The van der Waals surface area contributed by atoms with Gasteiger partial charge >= 0.3 is 0 Å². The zero-order valence-corrected chi connectivity index (χ0v) is 16.7. The number of amides is 1. The highest BCUT2D eigenvalue weighted by Crippen LogP contribution is 2.24. The van der Waals surface area contributed by atoms with Gasteiger partial charge in [-0.05, 0) is 49.2 Å². The van der Waals surface area contributed by atoms with E-state index in [9.17, 15) is 4.79 Å². The van der Waals surface area contributed by atoms with Gasteiger partial charge in [-0.3, -0.25) is 9.69 Å². The second-order valence-electron chi connectivity index (χ2n) is 6.34. The van der Waals surface area contributed by atoms with Crippen LogP contribution in [0, 0.1) is 0 Å². The van der Waals surface area contributed by atoms with E-state index in [1.807, 2.05) is 30.1 Å². The van der Waals surface area contributed by atoms with Crippen LogP contribution in [-0.4, -0.2) is 31.5 Å². The molecule has 0 saturated carbocycles. The standard InChI is InChI=1S/C21H27ClN2O2/c1-5-15-8-7-9-16(6-2)21(15)23-20(25)14-24(3)13-17-12-18(22)10-11-19(17)26-4/h7-12H,5-6,13-14H2,1-4H3,(H,23,25). The first kappa shape index (κ1) is 20.3. The van der Waals surface area contributed by atoms with Crippen LogP contribution in [0.25, 0.3) is 0 Å². The highest BCUT2D eigenvalue weighted by atomic mass is 35.5. The van der Waals surface area contributed by atoms with Gasteiger partial charge in [0.1, 0.15) is 5.75 Å². The minimum absolute atomic E-state index is 0.0240. The summed E-state index contributed by atoms with van der Waals surface area (Å²) in [5.74, 6) is 0.746. The molecule has 2 aromatic carbocycles. The van der Waals surface area contributed by atoms with Crippen molar-refractivity contribution in [2.75, 3.05) is 26.0 Å². The number of benzene rings is 2. The third kappa shape index (κ3) is 5.23. The fraction of sp³-hybridized carbons (Fsp3) is 0.381. The number of carbonyl (C=O) groups is 1. The Bertz CT molecular complexity index is 739. The molecule has 0 radical (unpaired) electrons. The number of nitrogens with zero attached hydrogens (tertiary/aromatic N) is 1. The zero-order chi connectivity index (χ0) is 19.1. The lowest BCUT2D eigenvalue weighted by Gasteiger charge is -2.20. The Balaban J connectivity index is 2.06. The lowest BCUT2D eigenvalue weighted by molar-refractivity contribution is -0.117. The summed E-state index contributed by atoms with van der Waals surface area (Å²) in [6, 6.07) is 11.7. The number of aryl methyl sites for hydroxylation is 2. The molecule has 0 bridgehead atoms. The number of hydrogen-bond donors (Lipinski definition) is 1. The van der Waals surface area contributed by atoms with Gasteiger partial charge in [0, 0.05) is 22.8 Å². The third-order valence-corrected chi connectivity index (χ3v) is 4.59. The third-order valence-electron chi connectivity index (χ3n) is 4.36. The molecule has 4 nitrogen and oxygen atoms in total. The van der Waals surface area contributed by atoms with Gasteiger partial charge in [0.2, 0.25) is 5.91 Å². The van der Waals surface area contributed by atoms with Crippen LogP contribution in [0.5, 0.6) is 5.75 Å². The Hall–Kier alpha value is -2.04. The molecule has 0 aliphatic heterocycles. The molecule has 2 aromatic rings. The normalized spacial score (nSPS) is 10.8. The lowest BCUT2D eigenvalue weighted by atomic mass is 10.0. The van der Waals surface area contributed by atoms with E-state index in [1.54, 1.807) is 13.2 Å². The lowest BCUT2D eigenvalue weighted by Crippen LogP contribution is -2.30. The van der Waals surface area contributed by atoms with Crippen LogP contribution in [0.3, 0.4) is 0 Å². The molecule has 0 unspecified atom stereocenters. The van der Waals surface area contributed by atoms with Gasteiger partial charge < -0.3 is 10.1 Å². The maximum absolute atomic E-state index is 12.6. The summed E-state index contributed by atoms with van der Waals surface area (Å²) >= 11 is 6.08. The van der Waals surface area contributed by atoms with Crippen molar-refractivity contribution in [2.24, 2.45) is 0 Å². The van der Waals surface area contributed by atoms with Crippen molar-refractivity contribution in [1.82, 2.24) is 4.90 Å². The molecule has 0 spiro atoms. The molecular weight excluding hydrogens is 348 g/mol. The average molecular weight is 375 g/mol. The zero-order valence-electron chi connectivity index (χ0n) is 15.9. The van der Waals surface area contributed by atoms with Crippen molar-refractivity contribution in [1.29, 1.82) is 0 Å². The van der Waals surface area contributed by atoms with E-state index in [2.05, 4.69) is 31.3 Å². The Labute approximate surface area is 161 Å². The van der Waals surface area contributed by atoms with Crippen molar-refractivity contribution >= 4 is 23.2 Å². The number of rotatable bonds is 8. The number of anilines is 1. The van der Waals surface area contributed by atoms with Crippen molar-refractivity contribution in [3.63, 3.8) is 0 Å². The topological polar surface area (TPSA) is 41.6 Å². The largest absolute Gasteiger partial charge is 0.496 e. The van der Waals surface area contributed by atoms with Gasteiger partial charge in [-0.1, -0.05) is 43.6 Å². The summed E-state index contributed by atoms with van der Waals surface area (Å²) in [5, 5.41) is 3.76. The van der Waals surface area contributed by atoms with Crippen LogP contribution in [0.2, 0.25) is 5.02 Å². The number of carbonyl (C=O) groups excluding carboxylic acids is 1. The summed E-state index contributed by atoms with van der Waals surface area (Å²) in [6.45, 7) is 5.06. The number of halogens is 1. The first-order valence-corrected chi connectivity index (χ1v) is 9.27. The Morgan fingerprint density at radius 1 is 1.12 bits per heavy atom. The van der Waals surface area contributed by atoms with Crippen LogP contribution in [-0.2, 0) is 24.2 Å². The molecule has 0 aliphatic rings. The van der Waals surface area contributed by atoms with Crippen molar-refractivity contribution in [3.05, 3.63) is 58.1 Å². The first-order valence-electron chi connectivity index (χ1n) is 8.90. The quantitative estimate of drug-likeness (QED) is 0.737. The van der Waals surface area contributed by atoms with Crippen molar-refractivity contribution < 1.29 is 9.53 Å². The van der Waals surface area contributed by atoms with Gasteiger partial charge in [0.25, 0.3) is 0 Å². The van der Waals surface area contributed by atoms with Gasteiger partial charge in [-0.2, -0.15) is 0 Å². The second-order valence-corrected chi connectivity index (χ2v) is 6.77. The summed E-state index contributed by atoms with van der Waals surface area (Å²) in [5.41, 5.74) is 4.24. The predicted molar refractivity (Wildman–Crippen MR) is 108 cm³/mol. The minimum Gasteiger partial charge on any atom is -0.496 e. The molecule has 2 rings (SSSR count). The molecule has 1 N–H and O–H groups in total. The highest BCUT2D eigenvalue weighted by Gasteiger charge is 2.14. The SMILES string of the molecule is CCc1cccc(CC)c1NC(=O)CN(C)Cc1cc(Cl)ccc1OC. The Morgan fingerprint density at radius 3 is 2.35 bits per heavy atom. The number of hydrogen-bond acceptors (Lipinski definition) is 3. The van der Waals surface area contributed by atoms with E-state index in [4.69, 9.17) is 16.3 Å². The second kappa shape index (κ2) is 9.60. The molecule has 0 aromatic heterocycles. The van der Waals surface area contributed by atoms with E-state index < -0.39 is 0 Å². The molecule has 5 heteroatoms. The maximum atomic E-state index is 12.6. The van der Waals surface area contributed by atoms with Gasteiger partial charge in [0.05, 0.1) is 13.7 Å². The van der Waals surface area contributed by atoms with Crippen LogP contribution in [0.15, 0.2) is 36.4 Å². The molecule has 1 amide bonds. The fourth-order valence-electron chi connectivity index (χ4n) is 3.04. The van der Waals surface area contributed by atoms with E-state index in [1.165, 1.54) is 0 Å². The maximum Gasteiger partial charge on any atom is 0.238 e. The van der Waals surface area contributed by atoms with E-state index in [0.29, 0.717) is 11.6 Å². The molecule has 0 saturated heterocycles. The Morgan fingerprint density at radius 2 is 1.77 bits per heavy atom. The summed E-state index contributed by atoms with van der Waals surface area (Å²) in [7, 11) is 3.54. The molecule has 26 heavy (non-hydrogen) atoms. The van der Waals surface area contributed by atoms with Crippen LogP contribution in [0.1, 0.15) is 30.5 Å². The molecule has 0 heterocycles.